The van der Waals surface area contributed by atoms with E-state index in [2.05, 4.69) is 10.00 Å². The predicted molar refractivity (Wildman–Crippen MR) is 67.5 cm³/mol. The Morgan fingerprint density at radius 3 is 2.50 bits per heavy atom. The highest BCUT2D eigenvalue weighted by atomic mass is 32.2. The van der Waals surface area contributed by atoms with E-state index in [4.69, 9.17) is 5.73 Å². The molecule has 0 radical (unpaired) electrons. The van der Waals surface area contributed by atoms with Crippen molar-refractivity contribution in [2.45, 2.75) is 5.03 Å². The van der Waals surface area contributed by atoms with E-state index in [0.717, 1.165) is 19.6 Å². The summed E-state index contributed by atoms with van der Waals surface area (Å²) in [6, 6.07) is 1.53. The van der Waals surface area contributed by atoms with Crippen molar-refractivity contribution in [3.05, 3.63) is 12.3 Å². The van der Waals surface area contributed by atoms with Gasteiger partial charge in [-0.2, -0.15) is 9.40 Å². The molecule has 1 fully saturated rings. The number of aryl methyl sites for hydroxylation is 1. The van der Waals surface area contributed by atoms with E-state index >= 15 is 0 Å². The average Bonchev–Trinajstić information content (AvgIpc) is 2.77. The lowest BCUT2D eigenvalue weighted by Crippen LogP contribution is -2.49. The molecule has 8 heteroatoms. The molecule has 0 aromatic carbocycles. The Hall–Kier alpha value is -0.960. The van der Waals surface area contributed by atoms with E-state index in [-0.39, 0.29) is 5.03 Å². The number of sulfonamides is 1. The van der Waals surface area contributed by atoms with Gasteiger partial charge in [0, 0.05) is 46.3 Å². The molecule has 0 spiro atoms. The van der Waals surface area contributed by atoms with Crippen LogP contribution in [0.15, 0.2) is 17.3 Å². The van der Waals surface area contributed by atoms with E-state index < -0.39 is 10.0 Å². The van der Waals surface area contributed by atoms with Gasteiger partial charge in [0.05, 0.1) is 6.20 Å². The normalized spacial score (nSPS) is 19.2. The van der Waals surface area contributed by atoms with Crippen LogP contribution in [0.1, 0.15) is 0 Å². The van der Waals surface area contributed by atoms with Crippen LogP contribution < -0.4 is 5.73 Å². The first-order valence-corrected chi connectivity index (χ1v) is 7.40. The lowest BCUT2D eigenvalue weighted by atomic mass is 10.3. The fraction of sp³-hybridized carbons (Fsp3) is 0.700. The fourth-order valence-corrected chi connectivity index (χ4v) is 3.65. The first-order chi connectivity index (χ1) is 8.55. The third-order valence-electron chi connectivity index (χ3n) is 3.16. The molecule has 1 aliphatic heterocycles. The number of aromatic nitrogens is 2. The summed E-state index contributed by atoms with van der Waals surface area (Å²) >= 11 is 0. The number of hydrogen-bond donors (Lipinski definition) is 1. The maximum Gasteiger partial charge on any atom is 0.260 e. The summed E-state index contributed by atoms with van der Waals surface area (Å²) in [4.78, 5) is 2.18. The summed E-state index contributed by atoms with van der Waals surface area (Å²) < 4.78 is 27.6. The highest BCUT2D eigenvalue weighted by Crippen LogP contribution is 2.16. The van der Waals surface area contributed by atoms with Crippen LogP contribution in [0.2, 0.25) is 0 Å². The summed E-state index contributed by atoms with van der Waals surface area (Å²) in [5, 5.41) is 4.15. The molecule has 2 heterocycles. The third kappa shape index (κ3) is 2.56. The van der Waals surface area contributed by atoms with Crippen LogP contribution in [0.4, 0.5) is 0 Å². The van der Waals surface area contributed by atoms with Crippen LogP contribution in [-0.4, -0.2) is 66.7 Å². The SMILES string of the molecule is Cn1nccc1S(=O)(=O)N1CCN(CCN)CC1. The second-order valence-electron chi connectivity index (χ2n) is 4.33. The van der Waals surface area contributed by atoms with Gasteiger partial charge in [0.25, 0.3) is 10.0 Å². The average molecular weight is 273 g/mol. The highest BCUT2D eigenvalue weighted by Gasteiger charge is 2.30. The van der Waals surface area contributed by atoms with Crippen LogP contribution in [0.3, 0.4) is 0 Å². The molecule has 2 rings (SSSR count). The lowest BCUT2D eigenvalue weighted by Gasteiger charge is -2.33. The van der Waals surface area contributed by atoms with Crippen molar-refractivity contribution >= 4 is 10.0 Å². The van der Waals surface area contributed by atoms with Crippen molar-refractivity contribution in [2.24, 2.45) is 12.8 Å². The largest absolute Gasteiger partial charge is 0.329 e. The molecule has 1 saturated heterocycles. The van der Waals surface area contributed by atoms with E-state index in [1.165, 1.54) is 21.3 Å². The molecule has 0 amide bonds. The molecule has 0 aliphatic carbocycles. The van der Waals surface area contributed by atoms with Crippen molar-refractivity contribution in [3.8, 4) is 0 Å². The number of hydrogen-bond acceptors (Lipinski definition) is 5. The second-order valence-corrected chi connectivity index (χ2v) is 6.21. The van der Waals surface area contributed by atoms with Crippen LogP contribution in [0.25, 0.3) is 0 Å². The first kappa shape index (κ1) is 13.5. The maximum absolute atomic E-state index is 12.4. The Kier molecular flexibility index (Phi) is 4.00. The lowest BCUT2D eigenvalue weighted by molar-refractivity contribution is 0.192. The number of rotatable bonds is 4. The monoisotopic (exact) mass is 273 g/mol. The summed E-state index contributed by atoms with van der Waals surface area (Å²) in [5.74, 6) is 0. The maximum atomic E-state index is 12.4. The Bertz CT molecular complexity index is 490. The molecular formula is C10H19N5O2S. The standard InChI is InChI=1S/C10H19N5O2S/c1-13-10(2-4-12-13)18(16,17)15-8-6-14(5-3-11)7-9-15/h2,4H,3,5-9,11H2,1H3. The van der Waals surface area contributed by atoms with Gasteiger partial charge in [-0.25, -0.2) is 8.42 Å². The van der Waals surface area contributed by atoms with Gasteiger partial charge in [0.15, 0.2) is 5.03 Å². The van der Waals surface area contributed by atoms with Gasteiger partial charge in [-0.1, -0.05) is 0 Å². The quantitative estimate of drug-likeness (QED) is 0.736. The predicted octanol–water partition coefficient (Wildman–Crippen LogP) is -1.31. The van der Waals surface area contributed by atoms with Crippen molar-refractivity contribution in [1.29, 1.82) is 0 Å². The fourth-order valence-electron chi connectivity index (χ4n) is 2.12. The molecule has 0 bridgehead atoms. The van der Waals surface area contributed by atoms with Crippen molar-refractivity contribution in [2.75, 3.05) is 39.3 Å². The molecular weight excluding hydrogens is 254 g/mol. The molecule has 1 aliphatic rings. The first-order valence-electron chi connectivity index (χ1n) is 5.96. The zero-order valence-corrected chi connectivity index (χ0v) is 11.3. The molecule has 0 unspecified atom stereocenters. The molecule has 2 N–H and O–H groups in total. The van der Waals surface area contributed by atoms with Crippen molar-refractivity contribution < 1.29 is 8.42 Å². The number of nitrogens with zero attached hydrogens (tertiary/aromatic N) is 4. The van der Waals surface area contributed by atoms with Gasteiger partial charge < -0.3 is 5.73 Å². The summed E-state index contributed by atoms with van der Waals surface area (Å²) in [5.41, 5.74) is 5.49. The Morgan fingerprint density at radius 1 is 1.33 bits per heavy atom. The zero-order valence-electron chi connectivity index (χ0n) is 10.5. The Morgan fingerprint density at radius 2 is 2.00 bits per heavy atom. The van der Waals surface area contributed by atoms with Gasteiger partial charge in [-0.3, -0.25) is 9.58 Å². The Balaban J connectivity index is 2.08. The van der Waals surface area contributed by atoms with Crippen molar-refractivity contribution in [1.82, 2.24) is 19.0 Å². The molecule has 18 heavy (non-hydrogen) atoms. The van der Waals surface area contributed by atoms with E-state index in [1.54, 1.807) is 7.05 Å². The van der Waals surface area contributed by atoms with Crippen LogP contribution >= 0.6 is 0 Å². The van der Waals surface area contributed by atoms with Gasteiger partial charge in [0.2, 0.25) is 0 Å². The van der Waals surface area contributed by atoms with E-state index in [1.807, 2.05) is 0 Å². The summed E-state index contributed by atoms with van der Waals surface area (Å²) in [7, 11) is -1.78. The molecule has 102 valence electrons. The topological polar surface area (TPSA) is 84.5 Å². The van der Waals surface area contributed by atoms with Crippen LogP contribution in [0, 0.1) is 0 Å². The minimum atomic E-state index is -3.41. The molecule has 0 atom stereocenters. The highest BCUT2D eigenvalue weighted by molar-refractivity contribution is 7.89. The smallest absolute Gasteiger partial charge is 0.260 e. The zero-order chi connectivity index (χ0) is 13.2. The van der Waals surface area contributed by atoms with E-state index in [9.17, 15) is 8.42 Å². The minimum Gasteiger partial charge on any atom is -0.329 e. The van der Waals surface area contributed by atoms with E-state index in [0.29, 0.717) is 19.6 Å². The van der Waals surface area contributed by atoms with Crippen molar-refractivity contribution in [3.63, 3.8) is 0 Å². The van der Waals surface area contributed by atoms with Gasteiger partial charge in [0.1, 0.15) is 0 Å². The second kappa shape index (κ2) is 5.35. The minimum absolute atomic E-state index is 0.245. The summed E-state index contributed by atoms with van der Waals surface area (Å²) in [6.45, 7) is 3.90. The van der Waals surface area contributed by atoms with Crippen LogP contribution in [-0.2, 0) is 17.1 Å². The summed E-state index contributed by atoms with van der Waals surface area (Å²) in [6.07, 6.45) is 1.50. The Labute approximate surface area is 107 Å². The van der Waals surface area contributed by atoms with Crippen LogP contribution in [0.5, 0.6) is 0 Å². The molecule has 0 saturated carbocycles. The molecule has 1 aromatic rings. The van der Waals surface area contributed by atoms with Gasteiger partial charge in [-0.15, -0.1) is 0 Å². The molecule has 7 nitrogen and oxygen atoms in total. The van der Waals surface area contributed by atoms with Gasteiger partial charge >= 0.3 is 0 Å². The molecule has 1 aromatic heterocycles. The number of piperazine rings is 1. The number of nitrogens with two attached hydrogens (primary N) is 1. The third-order valence-corrected chi connectivity index (χ3v) is 5.13. The van der Waals surface area contributed by atoms with Gasteiger partial charge in [-0.05, 0) is 6.07 Å².